The van der Waals surface area contributed by atoms with Crippen LogP contribution in [0, 0.1) is 0 Å². The standard InChI is InChI=1S/C13H12N4O4/c1-17-10-8(11(19)16-13(17)21)9(14-12(20)15-10)6-2-4-7(18)5-3-6/h2-5,9,18H,1H3,(H2,14,15,20)(H,16,19,21)/t9-/m1/s1. The number of aromatic amines is 1. The number of H-pyrrole nitrogens is 1. The number of benzene rings is 1. The predicted molar refractivity (Wildman–Crippen MR) is 74.4 cm³/mol. The predicted octanol–water partition coefficient (Wildman–Crippen LogP) is 0.00370. The molecule has 0 saturated carbocycles. The molecular weight excluding hydrogens is 276 g/mol. The number of rotatable bonds is 1. The Labute approximate surface area is 118 Å². The van der Waals surface area contributed by atoms with Gasteiger partial charge in [-0.25, -0.2) is 9.59 Å². The molecule has 108 valence electrons. The molecule has 3 rings (SSSR count). The Morgan fingerprint density at radius 3 is 2.48 bits per heavy atom. The Hall–Kier alpha value is -3.03. The molecule has 1 aromatic heterocycles. The smallest absolute Gasteiger partial charge is 0.329 e. The van der Waals surface area contributed by atoms with Gasteiger partial charge in [-0.3, -0.25) is 19.7 Å². The van der Waals surface area contributed by atoms with Crippen LogP contribution in [0.25, 0.3) is 0 Å². The monoisotopic (exact) mass is 288 g/mol. The van der Waals surface area contributed by atoms with Crippen LogP contribution < -0.4 is 21.9 Å². The molecule has 0 aliphatic carbocycles. The van der Waals surface area contributed by atoms with E-state index in [1.54, 1.807) is 12.1 Å². The second kappa shape index (κ2) is 4.51. The van der Waals surface area contributed by atoms with Gasteiger partial charge in [-0.2, -0.15) is 0 Å². The fourth-order valence-corrected chi connectivity index (χ4v) is 2.32. The SMILES string of the molecule is Cn1c2c(c(=O)[nH]c1=O)[C@@H](c1ccc(O)cc1)NC(=O)N2. The Morgan fingerprint density at radius 2 is 1.81 bits per heavy atom. The zero-order valence-corrected chi connectivity index (χ0v) is 11.0. The number of anilines is 1. The van der Waals surface area contributed by atoms with Crippen LogP contribution in [0.2, 0.25) is 0 Å². The number of fused-ring (bicyclic) bond motifs is 1. The molecule has 1 atom stereocenters. The third kappa shape index (κ3) is 2.06. The Kier molecular flexibility index (Phi) is 2.79. The fraction of sp³-hybridized carbons (Fsp3) is 0.154. The minimum Gasteiger partial charge on any atom is -0.508 e. The number of phenolic OH excluding ortho intramolecular Hbond substituents is 1. The van der Waals surface area contributed by atoms with E-state index in [0.717, 1.165) is 0 Å². The molecule has 1 aliphatic heterocycles. The van der Waals surface area contributed by atoms with Gasteiger partial charge >= 0.3 is 11.7 Å². The number of nitrogens with zero attached hydrogens (tertiary/aromatic N) is 1. The molecule has 0 unspecified atom stereocenters. The lowest BCUT2D eigenvalue weighted by Gasteiger charge is -2.27. The van der Waals surface area contributed by atoms with Crippen molar-refractivity contribution in [1.82, 2.24) is 14.9 Å². The normalized spacial score (nSPS) is 16.8. The number of aromatic hydroxyl groups is 1. The molecule has 1 aromatic carbocycles. The lowest BCUT2D eigenvalue weighted by Crippen LogP contribution is -2.46. The van der Waals surface area contributed by atoms with Gasteiger partial charge in [0.1, 0.15) is 11.6 Å². The number of carbonyl (C=O) groups excluding carboxylic acids is 1. The number of aromatic nitrogens is 2. The molecule has 1 aliphatic rings. The average molecular weight is 288 g/mol. The third-order valence-electron chi connectivity index (χ3n) is 3.38. The van der Waals surface area contributed by atoms with Gasteiger partial charge in [0.15, 0.2) is 0 Å². The number of phenols is 1. The van der Waals surface area contributed by atoms with Crippen molar-refractivity contribution < 1.29 is 9.90 Å². The van der Waals surface area contributed by atoms with E-state index in [1.165, 1.54) is 23.7 Å². The van der Waals surface area contributed by atoms with Crippen LogP contribution in [0.1, 0.15) is 17.2 Å². The summed E-state index contributed by atoms with van der Waals surface area (Å²) < 4.78 is 1.17. The summed E-state index contributed by atoms with van der Waals surface area (Å²) in [5.74, 6) is 0.235. The number of carbonyl (C=O) groups is 1. The minimum absolute atomic E-state index is 0.0774. The van der Waals surface area contributed by atoms with Gasteiger partial charge in [-0.1, -0.05) is 12.1 Å². The van der Waals surface area contributed by atoms with Gasteiger partial charge in [-0.05, 0) is 17.7 Å². The lowest BCUT2D eigenvalue weighted by molar-refractivity contribution is 0.248. The summed E-state index contributed by atoms with van der Waals surface area (Å²) in [5, 5.41) is 14.4. The number of hydrogen-bond donors (Lipinski definition) is 4. The maximum atomic E-state index is 12.1. The highest BCUT2D eigenvalue weighted by Crippen LogP contribution is 2.28. The molecule has 0 fully saturated rings. The second-order valence-electron chi connectivity index (χ2n) is 4.70. The molecular formula is C13H12N4O4. The first kappa shape index (κ1) is 13.0. The van der Waals surface area contributed by atoms with E-state index >= 15 is 0 Å². The zero-order chi connectivity index (χ0) is 15.1. The van der Waals surface area contributed by atoms with Gasteiger partial charge in [0.05, 0.1) is 11.6 Å². The van der Waals surface area contributed by atoms with Gasteiger partial charge in [-0.15, -0.1) is 0 Å². The molecule has 0 bridgehead atoms. The van der Waals surface area contributed by atoms with E-state index in [1.807, 2.05) is 0 Å². The van der Waals surface area contributed by atoms with Crippen molar-refractivity contribution in [2.24, 2.45) is 7.05 Å². The summed E-state index contributed by atoms with van der Waals surface area (Å²) in [6, 6.07) is 4.89. The van der Waals surface area contributed by atoms with E-state index in [9.17, 15) is 19.5 Å². The molecule has 2 amide bonds. The van der Waals surface area contributed by atoms with E-state index in [4.69, 9.17) is 0 Å². The summed E-state index contributed by atoms with van der Waals surface area (Å²) in [6.07, 6.45) is 0. The van der Waals surface area contributed by atoms with E-state index in [-0.39, 0.29) is 17.1 Å². The molecule has 2 heterocycles. The third-order valence-corrected chi connectivity index (χ3v) is 3.38. The Morgan fingerprint density at radius 1 is 1.14 bits per heavy atom. The van der Waals surface area contributed by atoms with Crippen molar-refractivity contribution >= 4 is 11.8 Å². The zero-order valence-electron chi connectivity index (χ0n) is 11.0. The van der Waals surface area contributed by atoms with Crippen molar-refractivity contribution in [3.8, 4) is 5.75 Å². The highest BCUT2D eigenvalue weighted by Gasteiger charge is 2.30. The van der Waals surface area contributed by atoms with E-state index < -0.39 is 23.3 Å². The van der Waals surface area contributed by atoms with Crippen LogP contribution in [0.15, 0.2) is 33.9 Å². The van der Waals surface area contributed by atoms with E-state index in [0.29, 0.717) is 5.56 Å². The number of hydrogen-bond acceptors (Lipinski definition) is 4. The molecule has 8 nitrogen and oxygen atoms in total. The highest BCUT2D eigenvalue weighted by molar-refractivity contribution is 5.92. The van der Waals surface area contributed by atoms with Gasteiger partial charge in [0, 0.05) is 7.05 Å². The van der Waals surface area contributed by atoms with Crippen LogP contribution in [0.4, 0.5) is 10.6 Å². The van der Waals surface area contributed by atoms with E-state index in [2.05, 4.69) is 15.6 Å². The van der Waals surface area contributed by atoms with Gasteiger partial charge in [0.25, 0.3) is 5.56 Å². The lowest BCUT2D eigenvalue weighted by atomic mass is 9.98. The summed E-state index contributed by atoms with van der Waals surface area (Å²) in [4.78, 5) is 37.6. The molecule has 8 heteroatoms. The quantitative estimate of drug-likeness (QED) is 0.591. The second-order valence-corrected chi connectivity index (χ2v) is 4.70. The van der Waals surface area contributed by atoms with Crippen molar-refractivity contribution in [2.45, 2.75) is 6.04 Å². The van der Waals surface area contributed by atoms with Gasteiger partial charge < -0.3 is 10.4 Å². The average Bonchev–Trinajstić information content (AvgIpc) is 2.44. The molecule has 0 saturated heterocycles. The number of amides is 2. The summed E-state index contributed by atoms with van der Waals surface area (Å²) >= 11 is 0. The van der Waals surface area contributed by atoms with Crippen LogP contribution in [0.3, 0.4) is 0 Å². The Bertz CT molecular complexity index is 835. The molecule has 0 spiro atoms. The summed E-state index contributed by atoms with van der Waals surface area (Å²) in [5.41, 5.74) is -0.320. The maximum Gasteiger partial charge on any atom is 0.329 e. The fourth-order valence-electron chi connectivity index (χ4n) is 2.32. The van der Waals surface area contributed by atoms with Crippen molar-refractivity contribution in [1.29, 1.82) is 0 Å². The van der Waals surface area contributed by atoms with Crippen molar-refractivity contribution in [2.75, 3.05) is 5.32 Å². The van der Waals surface area contributed by atoms with Crippen LogP contribution in [-0.2, 0) is 7.05 Å². The molecule has 4 N–H and O–H groups in total. The maximum absolute atomic E-state index is 12.1. The topological polar surface area (TPSA) is 116 Å². The Balaban J connectivity index is 2.25. The van der Waals surface area contributed by atoms with Crippen molar-refractivity contribution in [3.63, 3.8) is 0 Å². The summed E-state index contributed by atoms with van der Waals surface area (Å²) in [6.45, 7) is 0. The first-order valence-corrected chi connectivity index (χ1v) is 6.17. The highest BCUT2D eigenvalue weighted by atomic mass is 16.3. The van der Waals surface area contributed by atoms with Crippen molar-refractivity contribution in [3.05, 3.63) is 56.2 Å². The van der Waals surface area contributed by atoms with Crippen LogP contribution in [0.5, 0.6) is 5.75 Å². The summed E-state index contributed by atoms with van der Waals surface area (Å²) in [7, 11) is 1.45. The van der Waals surface area contributed by atoms with Crippen LogP contribution in [-0.4, -0.2) is 20.7 Å². The largest absolute Gasteiger partial charge is 0.508 e. The number of urea groups is 1. The van der Waals surface area contributed by atoms with Crippen LogP contribution >= 0.6 is 0 Å². The first-order valence-electron chi connectivity index (χ1n) is 6.17. The molecule has 0 radical (unpaired) electrons. The molecule has 2 aromatic rings. The van der Waals surface area contributed by atoms with Gasteiger partial charge in [0.2, 0.25) is 0 Å². The number of nitrogens with one attached hydrogen (secondary N) is 3. The molecule has 21 heavy (non-hydrogen) atoms. The minimum atomic E-state index is -0.704. The first-order chi connectivity index (χ1) is 9.97.